The molecule has 0 aromatic heterocycles. The first kappa shape index (κ1) is 15.4. The molecule has 1 heterocycles. The highest BCUT2D eigenvalue weighted by Gasteiger charge is 2.20. The Kier molecular flexibility index (Phi) is 6.65. The van der Waals surface area contributed by atoms with Gasteiger partial charge < -0.3 is 10.5 Å². The first-order valence-corrected chi connectivity index (χ1v) is 6.09. The van der Waals surface area contributed by atoms with Crippen molar-refractivity contribution in [2.45, 2.75) is 47.5 Å². The van der Waals surface area contributed by atoms with Crippen LogP contribution in [0.4, 0.5) is 0 Å². The Morgan fingerprint density at radius 1 is 1.50 bits per heavy atom. The SMILES string of the molecule is CC(C)CC(C)(C)C.NC(=O)[C@@H]1CCOC1.[HH]. The molecule has 1 atom stereocenters. The Bertz CT molecular complexity index is 206. The van der Waals surface area contributed by atoms with Gasteiger partial charge in [0.25, 0.3) is 0 Å². The summed E-state index contributed by atoms with van der Waals surface area (Å²) in [6.45, 7) is 12.6. The van der Waals surface area contributed by atoms with Crippen LogP contribution >= 0.6 is 0 Å². The number of nitrogens with two attached hydrogens (primary N) is 1. The molecule has 1 rings (SSSR count). The molecule has 0 unspecified atom stereocenters. The van der Waals surface area contributed by atoms with Crippen molar-refractivity contribution in [3.8, 4) is 0 Å². The van der Waals surface area contributed by atoms with Crippen LogP contribution in [0.2, 0.25) is 0 Å². The lowest BCUT2D eigenvalue weighted by atomic mass is 9.86. The molecular weight excluding hydrogens is 202 g/mol. The molecule has 0 aromatic rings. The van der Waals surface area contributed by atoms with Gasteiger partial charge in [-0.15, -0.1) is 0 Å². The van der Waals surface area contributed by atoms with E-state index in [2.05, 4.69) is 34.6 Å². The van der Waals surface area contributed by atoms with Crippen LogP contribution in [0.1, 0.15) is 48.9 Å². The molecule has 0 aromatic carbocycles. The standard InChI is InChI=1S/C8H18.C5H9NO2.H2/c1-7(2)6-8(3,4)5;6-5(7)4-1-2-8-3-4;/h7H,6H2,1-5H3;4H,1-3H2,(H2,6,7);1H/t;4-;/m.1./s1. The number of carbonyl (C=O) groups is 1. The third-order valence-corrected chi connectivity index (χ3v) is 2.35. The van der Waals surface area contributed by atoms with E-state index in [1.165, 1.54) is 6.42 Å². The molecule has 0 spiro atoms. The number of rotatable bonds is 2. The lowest BCUT2D eigenvalue weighted by Crippen LogP contribution is -2.22. The largest absolute Gasteiger partial charge is 0.381 e. The maximum Gasteiger partial charge on any atom is 0.222 e. The van der Waals surface area contributed by atoms with Crippen molar-refractivity contribution in [3.05, 3.63) is 0 Å². The third-order valence-electron chi connectivity index (χ3n) is 2.35. The molecule has 0 aliphatic carbocycles. The number of hydrogen-bond acceptors (Lipinski definition) is 2. The number of amides is 1. The van der Waals surface area contributed by atoms with Gasteiger partial charge in [-0.3, -0.25) is 4.79 Å². The minimum atomic E-state index is -0.234. The number of ether oxygens (including phenoxy) is 1. The Morgan fingerprint density at radius 3 is 2.19 bits per heavy atom. The van der Waals surface area contributed by atoms with Crippen molar-refractivity contribution in [2.24, 2.45) is 23.0 Å². The highest BCUT2D eigenvalue weighted by Crippen LogP contribution is 2.23. The molecule has 0 saturated carbocycles. The molecule has 1 aliphatic rings. The number of carbonyl (C=O) groups excluding carboxylic acids is 1. The van der Waals surface area contributed by atoms with E-state index < -0.39 is 0 Å². The monoisotopic (exact) mass is 231 g/mol. The fourth-order valence-corrected chi connectivity index (χ4v) is 1.98. The van der Waals surface area contributed by atoms with Gasteiger partial charge in [0.15, 0.2) is 0 Å². The Labute approximate surface area is 101 Å². The van der Waals surface area contributed by atoms with E-state index in [0.29, 0.717) is 18.6 Å². The van der Waals surface area contributed by atoms with Crippen LogP contribution in [0, 0.1) is 17.3 Å². The van der Waals surface area contributed by atoms with Gasteiger partial charge in [0.1, 0.15) is 0 Å². The molecule has 3 heteroatoms. The average Bonchev–Trinajstić information content (AvgIpc) is 2.50. The second-order valence-electron chi connectivity index (χ2n) is 6.12. The van der Waals surface area contributed by atoms with Gasteiger partial charge in [0.05, 0.1) is 12.5 Å². The quantitative estimate of drug-likeness (QED) is 0.794. The van der Waals surface area contributed by atoms with Gasteiger partial charge in [0, 0.05) is 8.03 Å². The molecule has 3 nitrogen and oxygen atoms in total. The molecule has 0 radical (unpaired) electrons. The van der Waals surface area contributed by atoms with Crippen LogP contribution in [0.25, 0.3) is 0 Å². The van der Waals surface area contributed by atoms with Crippen molar-refractivity contribution in [1.82, 2.24) is 0 Å². The summed E-state index contributed by atoms with van der Waals surface area (Å²) in [6, 6.07) is 0. The lowest BCUT2D eigenvalue weighted by Gasteiger charge is -2.19. The first-order chi connectivity index (χ1) is 7.22. The highest BCUT2D eigenvalue weighted by atomic mass is 16.5. The Balaban J connectivity index is 0. The lowest BCUT2D eigenvalue weighted by molar-refractivity contribution is -0.121. The number of primary amides is 1. The molecular formula is C13H29NO2. The maximum absolute atomic E-state index is 10.3. The third kappa shape index (κ3) is 8.72. The minimum absolute atomic E-state index is 0. The summed E-state index contributed by atoms with van der Waals surface area (Å²) in [4.78, 5) is 10.3. The fourth-order valence-electron chi connectivity index (χ4n) is 1.98. The van der Waals surface area contributed by atoms with Gasteiger partial charge in [-0.2, -0.15) is 0 Å². The topological polar surface area (TPSA) is 52.3 Å². The number of hydrogen-bond donors (Lipinski definition) is 1. The second-order valence-corrected chi connectivity index (χ2v) is 6.12. The fraction of sp³-hybridized carbons (Fsp3) is 0.923. The summed E-state index contributed by atoms with van der Waals surface area (Å²) in [5.41, 5.74) is 5.50. The van der Waals surface area contributed by atoms with Gasteiger partial charge in [-0.05, 0) is 24.2 Å². The molecule has 2 N–H and O–H groups in total. The van der Waals surface area contributed by atoms with E-state index in [4.69, 9.17) is 10.5 Å². The molecule has 1 aliphatic heterocycles. The van der Waals surface area contributed by atoms with Crippen molar-refractivity contribution in [2.75, 3.05) is 13.2 Å². The van der Waals surface area contributed by atoms with Crippen LogP contribution in [-0.4, -0.2) is 19.1 Å². The summed E-state index contributed by atoms with van der Waals surface area (Å²) in [5.74, 6) is 0.590. The first-order valence-electron chi connectivity index (χ1n) is 6.09. The zero-order valence-electron chi connectivity index (χ0n) is 11.4. The van der Waals surface area contributed by atoms with E-state index in [-0.39, 0.29) is 13.3 Å². The summed E-state index contributed by atoms with van der Waals surface area (Å²) in [5, 5.41) is 0. The van der Waals surface area contributed by atoms with Gasteiger partial charge >= 0.3 is 0 Å². The summed E-state index contributed by atoms with van der Waals surface area (Å²) in [7, 11) is 0. The zero-order chi connectivity index (χ0) is 12.8. The summed E-state index contributed by atoms with van der Waals surface area (Å²) < 4.78 is 4.92. The van der Waals surface area contributed by atoms with E-state index in [0.717, 1.165) is 12.3 Å². The summed E-state index contributed by atoms with van der Waals surface area (Å²) >= 11 is 0. The van der Waals surface area contributed by atoms with E-state index >= 15 is 0 Å². The molecule has 98 valence electrons. The molecule has 0 bridgehead atoms. The van der Waals surface area contributed by atoms with Crippen LogP contribution in [0.5, 0.6) is 0 Å². The Hall–Kier alpha value is -0.570. The van der Waals surface area contributed by atoms with E-state index in [1.54, 1.807) is 0 Å². The van der Waals surface area contributed by atoms with Crippen molar-refractivity contribution < 1.29 is 11.0 Å². The minimum Gasteiger partial charge on any atom is -0.381 e. The molecule has 1 saturated heterocycles. The van der Waals surface area contributed by atoms with Crippen molar-refractivity contribution >= 4 is 5.91 Å². The zero-order valence-corrected chi connectivity index (χ0v) is 11.4. The van der Waals surface area contributed by atoms with Gasteiger partial charge in [-0.25, -0.2) is 0 Å². The van der Waals surface area contributed by atoms with Crippen LogP contribution in [-0.2, 0) is 9.53 Å². The second kappa shape index (κ2) is 6.89. The van der Waals surface area contributed by atoms with E-state index in [9.17, 15) is 4.79 Å². The van der Waals surface area contributed by atoms with E-state index in [1.807, 2.05) is 0 Å². The van der Waals surface area contributed by atoms with Gasteiger partial charge in [-0.1, -0.05) is 34.6 Å². The van der Waals surface area contributed by atoms with Crippen molar-refractivity contribution in [1.29, 1.82) is 0 Å². The molecule has 16 heavy (non-hydrogen) atoms. The van der Waals surface area contributed by atoms with Crippen LogP contribution in [0.15, 0.2) is 0 Å². The maximum atomic E-state index is 10.3. The smallest absolute Gasteiger partial charge is 0.222 e. The van der Waals surface area contributed by atoms with Gasteiger partial charge in [0.2, 0.25) is 5.91 Å². The highest BCUT2D eigenvalue weighted by molar-refractivity contribution is 5.76. The predicted molar refractivity (Wildman–Crippen MR) is 69.1 cm³/mol. The van der Waals surface area contributed by atoms with Crippen LogP contribution < -0.4 is 5.73 Å². The Morgan fingerprint density at radius 2 is 2.06 bits per heavy atom. The summed E-state index contributed by atoms with van der Waals surface area (Å²) in [6.07, 6.45) is 2.13. The normalized spacial score (nSPS) is 20.5. The predicted octanol–water partition coefficient (Wildman–Crippen LogP) is 2.83. The average molecular weight is 231 g/mol. The van der Waals surface area contributed by atoms with Crippen LogP contribution in [0.3, 0.4) is 0 Å². The molecule has 1 fully saturated rings. The van der Waals surface area contributed by atoms with Crippen molar-refractivity contribution in [3.63, 3.8) is 0 Å². The molecule has 1 amide bonds.